The maximum atomic E-state index is 6.18. The van der Waals surface area contributed by atoms with Gasteiger partial charge in [0.1, 0.15) is 0 Å². The van der Waals surface area contributed by atoms with E-state index in [1.807, 2.05) is 0 Å². The van der Waals surface area contributed by atoms with Crippen molar-refractivity contribution in [2.24, 2.45) is 17.6 Å². The normalized spacial score (nSPS) is 27.4. The summed E-state index contributed by atoms with van der Waals surface area (Å²) in [6, 6.07) is 0. The fourth-order valence-electron chi connectivity index (χ4n) is 3.48. The van der Waals surface area contributed by atoms with Gasteiger partial charge < -0.3 is 15.2 Å². The first-order chi connectivity index (χ1) is 9.59. The largest absolute Gasteiger partial charge is 0.383 e. The maximum absolute atomic E-state index is 6.18. The lowest BCUT2D eigenvalue weighted by molar-refractivity contribution is 0.00211. The predicted octanol–water partition coefficient (Wildman–Crippen LogP) is 2.12. The van der Waals surface area contributed by atoms with E-state index in [1.54, 1.807) is 14.2 Å². The lowest BCUT2D eigenvalue weighted by Gasteiger charge is -2.48. The smallest absolute Gasteiger partial charge is 0.0589 e. The standard InChI is InChI=1S/C16H34N2O2/c1-14(2)15-5-7-16(13-17,8-6-15)18(9-11-19-3)10-12-20-4/h14-15H,5-13,17H2,1-4H3. The molecule has 0 bridgehead atoms. The van der Waals surface area contributed by atoms with Gasteiger partial charge in [-0.05, 0) is 37.5 Å². The summed E-state index contributed by atoms with van der Waals surface area (Å²) in [5.74, 6) is 1.65. The molecule has 0 unspecified atom stereocenters. The summed E-state index contributed by atoms with van der Waals surface area (Å²) in [6.45, 7) is 8.84. The van der Waals surface area contributed by atoms with Crippen molar-refractivity contribution in [3.63, 3.8) is 0 Å². The number of ether oxygens (including phenoxy) is 2. The first-order valence-corrected chi connectivity index (χ1v) is 8.02. The zero-order chi connectivity index (χ0) is 15.0. The number of hydrogen-bond donors (Lipinski definition) is 1. The van der Waals surface area contributed by atoms with Gasteiger partial charge in [0.15, 0.2) is 0 Å². The third-order valence-corrected chi connectivity index (χ3v) is 5.09. The Morgan fingerprint density at radius 3 is 1.95 bits per heavy atom. The molecule has 2 N–H and O–H groups in total. The van der Waals surface area contributed by atoms with Crippen LogP contribution in [0.3, 0.4) is 0 Å². The molecular formula is C16H34N2O2. The number of methoxy groups -OCH3 is 2. The van der Waals surface area contributed by atoms with Gasteiger partial charge in [-0.2, -0.15) is 0 Å². The Hall–Kier alpha value is -0.160. The summed E-state index contributed by atoms with van der Waals surface area (Å²) >= 11 is 0. The van der Waals surface area contributed by atoms with Crippen molar-refractivity contribution >= 4 is 0 Å². The third-order valence-electron chi connectivity index (χ3n) is 5.09. The lowest BCUT2D eigenvalue weighted by Crippen LogP contribution is -2.57. The molecule has 4 nitrogen and oxygen atoms in total. The molecule has 1 aliphatic rings. The SMILES string of the molecule is COCCN(CCOC)C1(CN)CCC(C(C)C)CC1. The van der Waals surface area contributed by atoms with E-state index in [1.165, 1.54) is 25.7 Å². The number of rotatable bonds is 9. The van der Waals surface area contributed by atoms with Crippen molar-refractivity contribution in [3.05, 3.63) is 0 Å². The van der Waals surface area contributed by atoms with Crippen LogP contribution in [-0.4, -0.2) is 57.5 Å². The molecular weight excluding hydrogens is 252 g/mol. The van der Waals surface area contributed by atoms with Crippen LogP contribution in [0.2, 0.25) is 0 Å². The minimum Gasteiger partial charge on any atom is -0.383 e. The second-order valence-electron chi connectivity index (χ2n) is 6.48. The highest BCUT2D eigenvalue weighted by Gasteiger charge is 2.39. The fourth-order valence-corrected chi connectivity index (χ4v) is 3.48. The highest BCUT2D eigenvalue weighted by molar-refractivity contribution is 4.96. The summed E-state index contributed by atoms with van der Waals surface area (Å²) in [5.41, 5.74) is 6.34. The number of hydrogen-bond acceptors (Lipinski definition) is 4. The van der Waals surface area contributed by atoms with E-state index in [9.17, 15) is 0 Å². The van der Waals surface area contributed by atoms with E-state index in [4.69, 9.17) is 15.2 Å². The molecule has 0 aliphatic heterocycles. The summed E-state index contributed by atoms with van der Waals surface area (Å²) in [7, 11) is 3.53. The molecule has 1 aliphatic carbocycles. The van der Waals surface area contributed by atoms with Crippen molar-refractivity contribution in [2.75, 3.05) is 47.1 Å². The van der Waals surface area contributed by atoms with E-state index in [-0.39, 0.29) is 5.54 Å². The molecule has 1 rings (SSSR count). The first-order valence-electron chi connectivity index (χ1n) is 8.02. The van der Waals surface area contributed by atoms with E-state index in [0.717, 1.165) is 44.7 Å². The summed E-state index contributed by atoms with van der Waals surface area (Å²) in [5, 5.41) is 0. The van der Waals surface area contributed by atoms with Crippen LogP contribution in [-0.2, 0) is 9.47 Å². The minimum absolute atomic E-state index is 0.155. The van der Waals surface area contributed by atoms with Gasteiger partial charge in [-0.15, -0.1) is 0 Å². The van der Waals surface area contributed by atoms with Crippen molar-refractivity contribution in [2.45, 2.75) is 45.1 Å². The Labute approximate surface area is 125 Å². The highest BCUT2D eigenvalue weighted by atomic mass is 16.5. The second-order valence-corrected chi connectivity index (χ2v) is 6.48. The monoisotopic (exact) mass is 286 g/mol. The molecule has 4 heteroatoms. The molecule has 120 valence electrons. The van der Waals surface area contributed by atoms with Crippen molar-refractivity contribution in [1.82, 2.24) is 4.90 Å². The van der Waals surface area contributed by atoms with Gasteiger partial charge >= 0.3 is 0 Å². The third kappa shape index (κ3) is 4.69. The van der Waals surface area contributed by atoms with Crippen LogP contribution in [0, 0.1) is 11.8 Å². The van der Waals surface area contributed by atoms with E-state index >= 15 is 0 Å². The average Bonchev–Trinajstić information content (AvgIpc) is 2.47. The molecule has 0 aromatic rings. The minimum atomic E-state index is 0.155. The molecule has 1 fully saturated rings. The van der Waals surface area contributed by atoms with Gasteiger partial charge in [0, 0.05) is 39.4 Å². The Balaban J connectivity index is 2.67. The van der Waals surface area contributed by atoms with E-state index in [0.29, 0.717) is 0 Å². The average molecular weight is 286 g/mol. The van der Waals surface area contributed by atoms with Crippen LogP contribution in [0.5, 0.6) is 0 Å². The van der Waals surface area contributed by atoms with Crippen LogP contribution in [0.1, 0.15) is 39.5 Å². The second kappa shape index (κ2) is 8.98. The van der Waals surface area contributed by atoms with Crippen LogP contribution in [0.25, 0.3) is 0 Å². The van der Waals surface area contributed by atoms with Gasteiger partial charge in [0.05, 0.1) is 13.2 Å². The van der Waals surface area contributed by atoms with Gasteiger partial charge in [-0.25, -0.2) is 0 Å². The molecule has 0 atom stereocenters. The number of nitrogens with two attached hydrogens (primary N) is 1. The van der Waals surface area contributed by atoms with Crippen LogP contribution >= 0.6 is 0 Å². The van der Waals surface area contributed by atoms with Crippen LogP contribution < -0.4 is 5.73 Å². The van der Waals surface area contributed by atoms with E-state index in [2.05, 4.69) is 18.7 Å². The molecule has 0 spiro atoms. The number of nitrogens with zero attached hydrogens (tertiary/aromatic N) is 1. The van der Waals surface area contributed by atoms with Crippen molar-refractivity contribution in [1.29, 1.82) is 0 Å². The fraction of sp³-hybridized carbons (Fsp3) is 1.00. The van der Waals surface area contributed by atoms with Crippen LogP contribution in [0.4, 0.5) is 0 Å². The molecule has 0 aromatic carbocycles. The Morgan fingerprint density at radius 1 is 1.10 bits per heavy atom. The van der Waals surface area contributed by atoms with Gasteiger partial charge in [0.25, 0.3) is 0 Å². The quantitative estimate of drug-likeness (QED) is 0.705. The van der Waals surface area contributed by atoms with Crippen LogP contribution in [0.15, 0.2) is 0 Å². The lowest BCUT2D eigenvalue weighted by atomic mass is 9.72. The first kappa shape index (κ1) is 17.9. The highest BCUT2D eigenvalue weighted by Crippen LogP contribution is 2.38. The Kier molecular flexibility index (Phi) is 8.03. The topological polar surface area (TPSA) is 47.7 Å². The summed E-state index contributed by atoms with van der Waals surface area (Å²) in [4.78, 5) is 2.51. The molecule has 0 heterocycles. The summed E-state index contributed by atoms with van der Waals surface area (Å²) in [6.07, 6.45) is 5.01. The molecule has 0 radical (unpaired) electrons. The molecule has 1 saturated carbocycles. The van der Waals surface area contributed by atoms with Gasteiger partial charge in [0.2, 0.25) is 0 Å². The van der Waals surface area contributed by atoms with Crippen molar-refractivity contribution in [3.8, 4) is 0 Å². The van der Waals surface area contributed by atoms with Gasteiger partial charge in [-0.3, -0.25) is 4.90 Å². The zero-order valence-electron chi connectivity index (χ0n) is 13.9. The van der Waals surface area contributed by atoms with Gasteiger partial charge in [-0.1, -0.05) is 13.8 Å². The molecule has 20 heavy (non-hydrogen) atoms. The summed E-state index contributed by atoms with van der Waals surface area (Å²) < 4.78 is 10.5. The van der Waals surface area contributed by atoms with Crippen molar-refractivity contribution < 1.29 is 9.47 Å². The molecule has 0 amide bonds. The zero-order valence-corrected chi connectivity index (χ0v) is 13.9. The Bertz CT molecular complexity index is 243. The molecule has 0 saturated heterocycles. The van der Waals surface area contributed by atoms with E-state index < -0.39 is 0 Å². The maximum Gasteiger partial charge on any atom is 0.0589 e. The molecule has 0 aromatic heterocycles. The predicted molar refractivity (Wildman–Crippen MR) is 83.9 cm³/mol. The Morgan fingerprint density at radius 2 is 1.60 bits per heavy atom.